The van der Waals surface area contributed by atoms with Crippen LogP contribution in [-0.2, 0) is 19.0 Å². The average Bonchev–Trinajstić information content (AvgIpc) is 3.34. The van der Waals surface area contributed by atoms with Crippen molar-refractivity contribution in [3.8, 4) is 17.2 Å². The number of thiol groups is 1. The Labute approximate surface area is 207 Å². The first-order valence-corrected chi connectivity index (χ1v) is 11.5. The summed E-state index contributed by atoms with van der Waals surface area (Å²) in [6, 6.07) is 15.4. The highest BCUT2D eigenvalue weighted by Crippen LogP contribution is 2.37. The molecule has 9 nitrogen and oxygen atoms in total. The van der Waals surface area contributed by atoms with Crippen LogP contribution in [0.2, 0.25) is 0 Å². The van der Waals surface area contributed by atoms with Gasteiger partial charge in [-0.2, -0.15) is 12.6 Å². The van der Waals surface area contributed by atoms with Gasteiger partial charge in [0.25, 0.3) is 0 Å². The molecule has 0 unspecified atom stereocenters. The number of benzene rings is 3. The number of carbonyl (C=O) groups excluding carboxylic acids is 2. The van der Waals surface area contributed by atoms with Gasteiger partial charge in [-0.3, -0.25) is 10.1 Å². The van der Waals surface area contributed by atoms with Crippen LogP contribution >= 0.6 is 12.6 Å². The van der Waals surface area contributed by atoms with Crippen molar-refractivity contribution in [3.63, 3.8) is 0 Å². The van der Waals surface area contributed by atoms with E-state index < -0.39 is 24.3 Å². The Bertz CT molecular complexity index is 1220. The Morgan fingerprint density at radius 2 is 1.86 bits per heavy atom. The molecule has 1 amide bonds. The number of amides is 1. The van der Waals surface area contributed by atoms with E-state index in [2.05, 4.69) is 17.9 Å². The van der Waals surface area contributed by atoms with E-state index >= 15 is 0 Å². The van der Waals surface area contributed by atoms with Gasteiger partial charge >= 0.3 is 12.1 Å². The van der Waals surface area contributed by atoms with Gasteiger partial charge in [-0.15, -0.1) is 0 Å². The number of phenols is 1. The molecule has 0 saturated carbocycles. The molecule has 0 bridgehead atoms. The molecular weight excluding hydrogens is 474 g/mol. The second kappa shape index (κ2) is 11.2. The standard InChI is InChI=1S/C25H25NO8S/c1-30-21(10-11-31-23(28)13-35)24(18-7-8-19(27)17-5-3-2-4-16(17)18)34-25(29)26-15-6-9-20-22(12-15)33-14-32-20/h2-9,12,21,24,27,35H,10-11,13-14H2,1H3,(H,26,29)/t21-,24-/m1/s1. The summed E-state index contributed by atoms with van der Waals surface area (Å²) in [7, 11) is 1.49. The fourth-order valence-electron chi connectivity index (χ4n) is 3.86. The molecule has 1 aliphatic heterocycles. The Morgan fingerprint density at radius 3 is 2.63 bits per heavy atom. The third-order valence-corrected chi connectivity index (χ3v) is 5.79. The number of carbonyl (C=O) groups is 2. The molecule has 0 aliphatic carbocycles. The summed E-state index contributed by atoms with van der Waals surface area (Å²) in [6.07, 6.45) is -2.00. The maximum absolute atomic E-state index is 12.9. The molecule has 0 spiro atoms. The van der Waals surface area contributed by atoms with Crippen LogP contribution in [0.3, 0.4) is 0 Å². The zero-order valence-electron chi connectivity index (χ0n) is 18.9. The lowest BCUT2D eigenvalue weighted by Gasteiger charge is -2.27. The van der Waals surface area contributed by atoms with Gasteiger partial charge in [0.15, 0.2) is 17.6 Å². The summed E-state index contributed by atoms with van der Waals surface area (Å²) in [5.74, 6) is 0.705. The summed E-state index contributed by atoms with van der Waals surface area (Å²) in [5.41, 5.74) is 1.09. The highest BCUT2D eigenvalue weighted by atomic mass is 32.1. The first kappa shape index (κ1) is 24.5. The van der Waals surface area contributed by atoms with Gasteiger partial charge in [-0.05, 0) is 23.6 Å². The van der Waals surface area contributed by atoms with Crippen molar-refractivity contribution in [1.29, 1.82) is 0 Å². The van der Waals surface area contributed by atoms with Crippen molar-refractivity contribution in [2.45, 2.75) is 18.6 Å². The maximum atomic E-state index is 12.9. The number of methoxy groups -OCH3 is 1. The Morgan fingerprint density at radius 1 is 1.09 bits per heavy atom. The van der Waals surface area contributed by atoms with Crippen LogP contribution < -0.4 is 14.8 Å². The van der Waals surface area contributed by atoms with Gasteiger partial charge in [0.05, 0.1) is 12.4 Å². The van der Waals surface area contributed by atoms with Crippen LogP contribution in [0.5, 0.6) is 17.2 Å². The summed E-state index contributed by atoms with van der Waals surface area (Å²) < 4.78 is 27.3. The minimum Gasteiger partial charge on any atom is -0.507 e. The first-order chi connectivity index (χ1) is 17.0. The van der Waals surface area contributed by atoms with Crippen LogP contribution in [-0.4, -0.2) is 49.5 Å². The number of nitrogens with one attached hydrogen (secondary N) is 1. The number of hydrogen-bond acceptors (Lipinski definition) is 9. The van der Waals surface area contributed by atoms with Gasteiger partial charge < -0.3 is 28.8 Å². The first-order valence-electron chi connectivity index (χ1n) is 10.9. The fraction of sp³-hybridized carbons (Fsp3) is 0.280. The molecular formula is C25H25NO8S. The lowest BCUT2D eigenvalue weighted by atomic mass is 9.95. The summed E-state index contributed by atoms with van der Waals surface area (Å²) >= 11 is 3.90. The number of ether oxygens (including phenoxy) is 5. The van der Waals surface area contributed by atoms with E-state index in [4.69, 9.17) is 23.7 Å². The van der Waals surface area contributed by atoms with Crippen LogP contribution in [0.25, 0.3) is 10.8 Å². The van der Waals surface area contributed by atoms with E-state index in [0.29, 0.717) is 33.5 Å². The van der Waals surface area contributed by atoms with Crippen molar-refractivity contribution >= 4 is 41.2 Å². The monoisotopic (exact) mass is 499 g/mol. The maximum Gasteiger partial charge on any atom is 0.412 e. The average molecular weight is 500 g/mol. The quantitative estimate of drug-likeness (QED) is 0.293. The molecule has 0 radical (unpaired) electrons. The Balaban J connectivity index is 1.60. The number of anilines is 1. The molecule has 184 valence electrons. The SMILES string of the molecule is CO[C@H](CCOC(=O)CS)[C@H](OC(=O)Nc1ccc2c(c1)OCO2)c1ccc(O)c2ccccc12. The Kier molecular flexibility index (Phi) is 7.84. The molecule has 2 atom stereocenters. The molecule has 1 heterocycles. The number of rotatable bonds is 9. The highest BCUT2D eigenvalue weighted by molar-refractivity contribution is 7.81. The second-order valence-electron chi connectivity index (χ2n) is 7.68. The number of esters is 1. The van der Waals surface area contributed by atoms with E-state index in [1.54, 1.807) is 36.4 Å². The molecule has 3 aromatic rings. The van der Waals surface area contributed by atoms with E-state index in [1.165, 1.54) is 13.2 Å². The van der Waals surface area contributed by atoms with E-state index in [-0.39, 0.29) is 31.3 Å². The third-order valence-electron chi connectivity index (χ3n) is 5.53. The normalized spacial score (nSPS) is 13.8. The summed E-state index contributed by atoms with van der Waals surface area (Å²) in [4.78, 5) is 24.5. The minimum atomic E-state index is -0.880. The number of aromatic hydroxyl groups is 1. The summed E-state index contributed by atoms with van der Waals surface area (Å²) in [6.45, 7) is 0.171. The van der Waals surface area contributed by atoms with Crippen molar-refractivity contribution in [3.05, 3.63) is 60.2 Å². The fourth-order valence-corrected chi connectivity index (χ4v) is 3.95. The molecule has 0 aromatic heterocycles. The van der Waals surface area contributed by atoms with Crippen LogP contribution in [0.4, 0.5) is 10.5 Å². The van der Waals surface area contributed by atoms with Crippen LogP contribution in [0.15, 0.2) is 54.6 Å². The van der Waals surface area contributed by atoms with Crippen molar-refractivity contribution in [1.82, 2.24) is 0 Å². The van der Waals surface area contributed by atoms with Gasteiger partial charge in [0.1, 0.15) is 11.9 Å². The zero-order valence-corrected chi connectivity index (χ0v) is 19.8. The predicted octanol–water partition coefficient (Wildman–Crippen LogP) is 4.44. The molecule has 0 fully saturated rings. The lowest BCUT2D eigenvalue weighted by molar-refractivity contribution is -0.141. The molecule has 35 heavy (non-hydrogen) atoms. The number of hydrogen-bond donors (Lipinski definition) is 3. The van der Waals surface area contributed by atoms with Gasteiger partial charge in [0.2, 0.25) is 6.79 Å². The zero-order chi connectivity index (χ0) is 24.8. The highest BCUT2D eigenvalue weighted by Gasteiger charge is 2.30. The molecule has 4 rings (SSSR count). The second-order valence-corrected chi connectivity index (χ2v) is 8.00. The topological polar surface area (TPSA) is 113 Å². The van der Waals surface area contributed by atoms with E-state index in [9.17, 15) is 14.7 Å². The van der Waals surface area contributed by atoms with Gasteiger partial charge in [-0.1, -0.05) is 30.3 Å². The molecule has 10 heteroatoms. The third kappa shape index (κ3) is 5.72. The van der Waals surface area contributed by atoms with Crippen LogP contribution in [0, 0.1) is 0 Å². The van der Waals surface area contributed by atoms with Crippen molar-refractivity contribution in [2.75, 3.05) is 31.6 Å². The molecule has 1 aliphatic rings. The van der Waals surface area contributed by atoms with Crippen molar-refractivity contribution < 1.29 is 38.4 Å². The molecule has 3 aromatic carbocycles. The molecule has 0 saturated heterocycles. The van der Waals surface area contributed by atoms with Crippen molar-refractivity contribution in [2.24, 2.45) is 0 Å². The van der Waals surface area contributed by atoms with Gasteiger partial charge in [-0.25, -0.2) is 4.79 Å². The molecule has 2 N–H and O–H groups in total. The van der Waals surface area contributed by atoms with Gasteiger partial charge in [0, 0.05) is 36.2 Å². The minimum absolute atomic E-state index is 0.0435. The Hall–Kier alpha value is -3.63. The summed E-state index contributed by atoms with van der Waals surface area (Å²) in [5, 5.41) is 14.3. The lowest BCUT2D eigenvalue weighted by Crippen LogP contribution is -2.29. The van der Waals surface area contributed by atoms with E-state index in [0.717, 1.165) is 0 Å². The van der Waals surface area contributed by atoms with E-state index in [1.807, 2.05) is 12.1 Å². The predicted molar refractivity (Wildman–Crippen MR) is 131 cm³/mol. The largest absolute Gasteiger partial charge is 0.507 e. The number of fused-ring (bicyclic) bond motifs is 2. The van der Waals surface area contributed by atoms with Crippen LogP contribution in [0.1, 0.15) is 18.1 Å². The smallest absolute Gasteiger partial charge is 0.412 e. The number of phenolic OH excluding ortho intramolecular Hbond substituents is 1.